The van der Waals surface area contributed by atoms with E-state index in [2.05, 4.69) is 10.6 Å². The van der Waals surface area contributed by atoms with Gasteiger partial charge in [0.05, 0.1) is 0 Å². The number of nitrogens with one attached hydrogen (secondary N) is 2. The summed E-state index contributed by atoms with van der Waals surface area (Å²) >= 11 is 5.09. The minimum atomic E-state index is -0.140. The van der Waals surface area contributed by atoms with E-state index < -0.39 is 0 Å². The molecule has 6 heteroatoms. The van der Waals surface area contributed by atoms with Crippen LogP contribution in [0.15, 0.2) is 24.3 Å². The molecule has 0 saturated carbocycles. The molecule has 1 saturated heterocycles. The first-order chi connectivity index (χ1) is 11.1. The number of carbonyl (C=O) groups is 2. The van der Waals surface area contributed by atoms with Crippen molar-refractivity contribution in [3.8, 4) is 0 Å². The highest BCUT2D eigenvalue weighted by atomic mass is 32.1. The van der Waals surface area contributed by atoms with Crippen LogP contribution in [0.3, 0.4) is 0 Å². The fourth-order valence-electron chi connectivity index (χ4n) is 2.56. The van der Waals surface area contributed by atoms with Gasteiger partial charge in [-0.1, -0.05) is 25.8 Å². The van der Waals surface area contributed by atoms with Crippen molar-refractivity contribution in [2.24, 2.45) is 0 Å². The number of hydrogen-bond donors (Lipinski definition) is 2. The molecule has 0 aliphatic carbocycles. The van der Waals surface area contributed by atoms with E-state index in [0.29, 0.717) is 17.7 Å². The Labute approximate surface area is 142 Å². The van der Waals surface area contributed by atoms with Gasteiger partial charge in [-0.05, 0) is 43.3 Å². The molecule has 2 rings (SSSR count). The van der Waals surface area contributed by atoms with E-state index in [-0.39, 0.29) is 16.9 Å². The number of nitrogens with zero attached hydrogens (tertiary/aromatic N) is 1. The van der Waals surface area contributed by atoms with E-state index >= 15 is 0 Å². The van der Waals surface area contributed by atoms with E-state index in [4.69, 9.17) is 12.2 Å². The van der Waals surface area contributed by atoms with E-state index in [1.807, 2.05) is 23.1 Å². The predicted octanol–water partition coefficient (Wildman–Crippen LogP) is 2.93. The maximum atomic E-state index is 12.6. The van der Waals surface area contributed by atoms with Crippen molar-refractivity contribution >= 4 is 34.8 Å². The summed E-state index contributed by atoms with van der Waals surface area (Å²) < 4.78 is 0. The Kier molecular flexibility index (Phi) is 6.52. The average molecular weight is 333 g/mol. The average Bonchev–Trinajstić information content (AvgIpc) is 2.83. The van der Waals surface area contributed by atoms with Crippen LogP contribution in [-0.4, -0.2) is 34.9 Å². The number of thiocarbonyl (C=S) groups is 1. The third-order valence-corrected chi connectivity index (χ3v) is 4.04. The topological polar surface area (TPSA) is 61.4 Å². The van der Waals surface area contributed by atoms with Crippen molar-refractivity contribution in [2.45, 2.75) is 39.0 Å². The number of carbonyl (C=O) groups excluding carboxylic acids is 2. The van der Waals surface area contributed by atoms with Gasteiger partial charge in [0.15, 0.2) is 5.11 Å². The van der Waals surface area contributed by atoms with Crippen molar-refractivity contribution < 1.29 is 9.59 Å². The number of hydrogen-bond acceptors (Lipinski definition) is 3. The largest absolute Gasteiger partial charge is 0.339 e. The lowest BCUT2D eigenvalue weighted by atomic mass is 10.1. The van der Waals surface area contributed by atoms with Gasteiger partial charge in [-0.2, -0.15) is 0 Å². The quantitative estimate of drug-likeness (QED) is 0.835. The van der Waals surface area contributed by atoms with Crippen molar-refractivity contribution in [1.82, 2.24) is 10.2 Å². The molecule has 2 N–H and O–H groups in total. The molecule has 1 aliphatic heterocycles. The van der Waals surface area contributed by atoms with Crippen molar-refractivity contribution in [2.75, 3.05) is 18.4 Å². The zero-order chi connectivity index (χ0) is 16.7. The summed E-state index contributed by atoms with van der Waals surface area (Å²) in [4.78, 5) is 25.9. The lowest BCUT2D eigenvalue weighted by Gasteiger charge is -2.20. The van der Waals surface area contributed by atoms with Crippen LogP contribution in [0.1, 0.15) is 49.4 Å². The van der Waals surface area contributed by atoms with Gasteiger partial charge in [0.25, 0.3) is 5.91 Å². The fraction of sp³-hybridized carbons (Fsp3) is 0.471. The molecule has 1 fully saturated rings. The summed E-state index contributed by atoms with van der Waals surface area (Å²) in [6.07, 6.45) is 4.89. The maximum absolute atomic E-state index is 12.6. The summed E-state index contributed by atoms with van der Waals surface area (Å²) in [5, 5.41) is 5.78. The van der Waals surface area contributed by atoms with Gasteiger partial charge in [-0.3, -0.25) is 9.59 Å². The lowest BCUT2D eigenvalue weighted by Crippen LogP contribution is -2.34. The molecule has 23 heavy (non-hydrogen) atoms. The zero-order valence-corrected chi connectivity index (χ0v) is 14.2. The number of rotatable bonds is 3. The van der Waals surface area contributed by atoms with Crippen LogP contribution in [0.25, 0.3) is 0 Å². The standard InChI is InChI=1S/C17H23N3O2S/c1-2-15(21)19-17(23)18-14-9-7-8-13(12-14)16(22)20-10-5-3-4-6-11-20/h7-9,12H,2-6,10-11H2,1H3,(H2,18,19,21,23). The molecule has 2 amide bonds. The van der Waals surface area contributed by atoms with Crippen LogP contribution < -0.4 is 10.6 Å². The van der Waals surface area contributed by atoms with Gasteiger partial charge in [-0.15, -0.1) is 0 Å². The van der Waals surface area contributed by atoms with E-state index in [1.165, 1.54) is 12.8 Å². The summed E-state index contributed by atoms with van der Waals surface area (Å²) in [7, 11) is 0. The van der Waals surface area contributed by atoms with Gasteiger partial charge in [0.2, 0.25) is 5.91 Å². The molecule has 1 aromatic carbocycles. The number of likely N-dealkylation sites (tertiary alicyclic amines) is 1. The van der Waals surface area contributed by atoms with Crippen LogP contribution >= 0.6 is 12.2 Å². The number of anilines is 1. The maximum Gasteiger partial charge on any atom is 0.253 e. The Balaban J connectivity index is 2.02. The fourth-order valence-corrected chi connectivity index (χ4v) is 2.80. The first-order valence-corrected chi connectivity index (χ1v) is 8.51. The SMILES string of the molecule is CCC(=O)NC(=S)Nc1cccc(C(=O)N2CCCCCC2)c1. The molecular weight excluding hydrogens is 310 g/mol. The molecule has 124 valence electrons. The molecule has 0 bridgehead atoms. The van der Waals surface area contributed by atoms with Crippen molar-refractivity contribution in [1.29, 1.82) is 0 Å². The highest BCUT2D eigenvalue weighted by Crippen LogP contribution is 2.16. The molecule has 1 heterocycles. The second-order valence-electron chi connectivity index (χ2n) is 5.64. The van der Waals surface area contributed by atoms with Gasteiger partial charge in [0, 0.05) is 30.8 Å². The van der Waals surface area contributed by atoms with Gasteiger partial charge < -0.3 is 15.5 Å². The molecular formula is C17H23N3O2S. The minimum Gasteiger partial charge on any atom is -0.339 e. The first kappa shape index (κ1) is 17.4. The molecule has 0 unspecified atom stereocenters. The van der Waals surface area contributed by atoms with Gasteiger partial charge in [0.1, 0.15) is 0 Å². The molecule has 0 radical (unpaired) electrons. The van der Waals surface area contributed by atoms with Crippen LogP contribution in [0.5, 0.6) is 0 Å². The van der Waals surface area contributed by atoms with E-state index in [1.54, 1.807) is 13.0 Å². The summed E-state index contributed by atoms with van der Waals surface area (Å²) in [6.45, 7) is 3.40. The minimum absolute atomic E-state index is 0.0547. The lowest BCUT2D eigenvalue weighted by molar-refractivity contribution is -0.119. The summed E-state index contributed by atoms with van der Waals surface area (Å²) in [6, 6.07) is 7.23. The van der Waals surface area contributed by atoms with Crippen LogP contribution in [-0.2, 0) is 4.79 Å². The highest BCUT2D eigenvalue weighted by molar-refractivity contribution is 7.80. The summed E-state index contributed by atoms with van der Waals surface area (Å²) in [5.41, 5.74) is 1.34. The Morgan fingerprint density at radius 1 is 1.17 bits per heavy atom. The molecule has 1 aromatic rings. The normalized spacial score (nSPS) is 14.7. The Bertz CT molecular complexity index is 581. The highest BCUT2D eigenvalue weighted by Gasteiger charge is 2.17. The zero-order valence-electron chi connectivity index (χ0n) is 13.4. The van der Waals surface area contributed by atoms with Crippen molar-refractivity contribution in [3.63, 3.8) is 0 Å². The molecule has 0 atom stereocenters. The van der Waals surface area contributed by atoms with Gasteiger partial charge in [-0.25, -0.2) is 0 Å². The molecule has 5 nitrogen and oxygen atoms in total. The van der Waals surface area contributed by atoms with Gasteiger partial charge >= 0.3 is 0 Å². The summed E-state index contributed by atoms with van der Waals surface area (Å²) in [5.74, 6) is -0.0849. The van der Waals surface area contributed by atoms with Crippen LogP contribution in [0.2, 0.25) is 0 Å². The first-order valence-electron chi connectivity index (χ1n) is 8.10. The Morgan fingerprint density at radius 2 is 1.87 bits per heavy atom. The van der Waals surface area contributed by atoms with Crippen LogP contribution in [0, 0.1) is 0 Å². The third kappa shape index (κ3) is 5.32. The van der Waals surface area contributed by atoms with Crippen LogP contribution in [0.4, 0.5) is 5.69 Å². The van der Waals surface area contributed by atoms with E-state index in [9.17, 15) is 9.59 Å². The Morgan fingerprint density at radius 3 is 2.52 bits per heavy atom. The molecule has 0 aromatic heterocycles. The predicted molar refractivity (Wildman–Crippen MR) is 95.5 cm³/mol. The van der Waals surface area contributed by atoms with E-state index in [0.717, 1.165) is 25.9 Å². The molecule has 0 spiro atoms. The number of amides is 2. The Hall–Kier alpha value is -1.95. The smallest absolute Gasteiger partial charge is 0.253 e. The number of benzene rings is 1. The second kappa shape index (κ2) is 8.62. The third-order valence-electron chi connectivity index (χ3n) is 3.83. The molecule has 1 aliphatic rings. The second-order valence-corrected chi connectivity index (χ2v) is 6.05. The monoisotopic (exact) mass is 333 g/mol. The van der Waals surface area contributed by atoms with Crippen molar-refractivity contribution in [3.05, 3.63) is 29.8 Å².